The van der Waals surface area contributed by atoms with Gasteiger partial charge in [-0.1, -0.05) is 48.5 Å². The quantitative estimate of drug-likeness (QED) is 0.489. The Kier molecular flexibility index (Phi) is 7.39. The van der Waals surface area contributed by atoms with E-state index in [1.807, 2.05) is 30.3 Å². The van der Waals surface area contributed by atoms with E-state index < -0.39 is 12.6 Å². The molecule has 1 unspecified atom stereocenters. The second-order valence-corrected chi connectivity index (χ2v) is 8.18. The van der Waals surface area contributed by atoms with Crippen molar-refractivity contribution < 1.29 is 32.5 Å². The molecule has 1 aliphatic heterocycles. The van der Waals surface area contributed by atoms with Crippen LogP contribution in [0.2, 0.25) is 0 Å². The third kappa shape index (κ3) is 6.19. The van der Waals surface area contributed by atoms with Gasteiger partial charge in [0.2, 0.25) is 5.91 Å². The Balaban J connectivity index is 1.50. The maximum absolute atomic E-state index is 12.7. The molecular weight excluding hydrogens is 461 g/mol. The smallest absolute Gasteiger partial charge is 0.406 e. The Morgan fingerprint density at radius 1 is 1.00 bits per heavy atom. The van der Waals surface area contributed by atoms with Crippen LogP contribution in [0.1, 0.15) is 17.4 Å². The van der Waals surface area contributed by atoms with Crippen molar-refractivity contribution in [3.8, 4) is 16.9 Å². The van der Waals surface area contributed by atoms with Gasteiger partial charge >= 0.3 is 6.36 Å². The molecule has 4 rings (SSSR count). The molecule has 0 fully saturated rings. The predicted molar refractivity (Wildman–Crippen MR) is 125 cm³/mol. The third-order valence-electron chi connectivity index (χ3n) is 5.78. The number of anilines is 1. The number of hydrogen-bond donors (Lipinski definition) is 1. The molecule has 35 heavy (non-hydrogen) atoms. The van der Waals surface area contributed by atoms with E-state index in [1.54, 1.807) is 30.1 Å². The lowest BCUT2D eigenvalue weighted by molar-refractivity contribution is -0.274. The minimum absolute atomic E-state index is 0.0137. The lowest BCUT2D eigenvalue weighted by atomic mass is 10.0. The number of nitrogens with zero attached hydrogens (tertiary/aromatic N) is 2. The lowest BCUT2D eigenvalue weighted by Crippen LogP contribution is -2.38. The first kappa shape index (κ1) is 24.7. The highest BCUT2D eigenvalue weighted by atomic mass is 19.4. The summed E-state index contributed by atoms with van der Waals surface area (Å²) >= 11 is 0. The number of benzene rings is 3. The molecule has 1 N–H and O–H groups in total. The van der Waals surface area contributed by atoms with E-state index in [1.165, 1.54) is 29.2 Å². The van der Waals surface area contributed by atoms with Crippen molar-refractivity contribution in [1.29, 1.82) is 0 Å². The van der Waals surface area contributed by atoms with Crippen LogP contribution in [0.5, 0.6) is 5.75 Å². The summed E-state index contributed by atoms with van der Waals surface area (Å²) in [7, 11) is 1.65. The van der Waals surface area contributed by atoms with Crippen molar-refractivity contribution in [1.82, 2.24) is 4.90 Å². The molecule has 6 nitrogen and oxygen atoms in total. The Morgan fingerprint density at radius 2 is 1.69 bits per heavy atom. The molecule has 1 atom stereocenters. The van der Waals surface area contributed by atoms with E-state index in [4.69, 9.17) is 4.74 Å². The minimum atomic E-state index is -4.76. The molecule has 1 aliphatic rings. The lowest BCUT2D eigenvalue weighted by Gasteiger charge is -2.25. The highest BCUT2D eigenvalue weighted by Gasteiger charge is 2.32. The molecule has 0 saturated carbocycles. The van der Waals surface area contributed by atoms with Gasteiger partial charge in [-0.15, -0.1) is 13.2 Å². The van der Waals surface area contributed by atoms with E-state index in [0.29, 0.717) is 42.1 Å². The van der Waals surface area contributed by atoms with Gasteiger partial charge in [0.1, 0.15) is 12.0 Å². The van der Waals surface area contributed by atoms with E-state index in [-0.39, 0.29) is 18.2 Å². The molecule has 0 saturated heterocycles. The van der Waals surface area contributed by atoms with Crippen molar-refractivity contribution in [2.75, 3.05) is 31.6 Å². The molecule has 0 spiro atoms. The minimum Gasteiger partial charge on any atom is -0.406 e. The number of aliphatic hydroxyl groups excluding tert-OH is 1. The summed E-state index contributed by atoms with van der Waals surface area (Å²) in [6.07, 6.45) is -5.83. The second kappa shape index (κ2) is 10.5. The molecule has 0 aliphatic carbocycles. The monoisotopic (exact) mass is 486 g/mol. The van der Waals surface area contributed by atoms with Gasteiger partial charge in [-0.05, 0) is 41.0 Å². The van der Waals surface area contributed by atoms with Crippen LogP contribution in [-0.4, -0.2) is 49.0 Å². The average molecular weight is 486 g/mol. The fourth-order valence-electron chi connectivity index (χ4n) is 3.94. The number of likely N-dealkylation sites (N-methyl/N-ethyl adjacent to an activating group) is 1. The predicted octanol–water partition coefficient (Wildman–Crippen LogP) is 4.74. The van der Waals surface area contributed by atoms with Crippen LogP contribution >= 0.6 is 0 Å². The van der Waals surface area contributed by atoms with Crippen molar-refractivity contribution in [2.24, 2.45) is 0 Å². The first-order valence-corrected chi connectivity index (χ1v) is 11.0. The molecule has 0 bridgehead atoms. The van der Waals surface area contributed by atoms with Gasteiger partial charge in [-0.3, -0.25) is 9.69 Å². The number of fused-ring (bicyclic) bond motifs is 1. The largest absolute Gasteiger partial charge is 0.573 e. The number of carbonyl (C=O) groups excluding carboxylic acids is 1. The molecule has 0 radical (unpaired) electrons. The molecule has 9 heteroatoms. The number of ether oxygens (including phenoxy) is 2. The highest BCUT2D eigenvalue weighted by molar-refractivity contribution is 5.96. The van der Waals surface area contributed by atoms with Gasteiger partial charge in [0.25, 0.3) is 0 Å². The van der Waals surface area contributed by atoms with Crippen molar-refractivity contribution >= 4 is 11.6 Å². The van der Waals surface area contributed by atoms with Crippen LogP contribution in [0.3, 0.4) is 0 Å². The average Bonchev–Trinajstić information content (AvgIpc) is 2.92. The van der Waals surface area contributed by atoms with Crippen LogP contribution in [0.15, 0.2) is 72.8 Å². The summed E-state index contributed by atoms with van der Waals surface area (Å²) in [5, 5.41) is 11.1. The van der Waals surface area contributed by atoms with Gasteiger partial charge in [-0.2, -0.15) is 0 Å². The Bertz CT molecular complexity index is 1150. The van der Waals surface area contributed by atoms with Crippen LogP contribution < -0.4 is 9.64 Å². The Hall–Kier alpha value is -3.40. The Labute approximate surface area is 201 Å². The summed E-state index contributed by atoms with van der Waals surface area (Å²) in [5.74, 6) is -0.490. The number of hydrogen-bond acceptors (Lipinski definition) is 5. The zero-order valence-corrected chi connectivity index (χ0v) is 19.0. The highest BCUT2D eigenvalue weighted by Crippen LogP contribution is 2.35. The number of rotatable bonds is 7. The topological polar surface area (TPSA) is 62.2 Å². The van der Waals surface area contributed by atoms with Crippen LogP contribution in [0.4, 0.5) is 18.9 Å². The normalized spacial score (nSPS) is 16.7. The first-order chi connectivity index (χ1) is 16.7. The molecule has 3 aromatic rings. The molecule has 1 amide bonds. The number of carbonyl (C=O) groups is 1. The van der Waals surface area contributed by atoms with E-state index >= 15 is 0 Å². The van der Waals surface area contributed by atoms with Gasteiger partial charge in [0.05, 0.1) is 25.4 Å². The molecular formula is C26H25F3N2O4. The summed E-state index contributed by atoms with van der Waals surface area (Å²) in [4.78, 5) is 15.9. The zero-order valence-electron chi connectivity index (χ0n) is 19.0. The summed E-state index contributed by atoms with van der Waals surface area (Å²) in [6.45, 7) is 1.09. The van der Waals surface area contributed by atoms with Crippen LogP contribution in [0.25, 0.3) is 11.1 Å². The van der Waals surface area contributed by atoms with Crippen LogP contribution in [0, 0.1) is 0 Å². The second-order valence-electron chi connectivity index (χ2n) is 8.18. The Morgan fingerprint density at radius 3 is 2.37 bits per heavy atom. The van der Waals surface area contributed by atoms with E-state index in [0.717, 1.165) is 5.56 Å². The summed E-state index contributed by atoms with van der Waals surface area (Å²) < 4.78 is 47.0. The molecule has 0 aromatic heterocycles. The number of halogens is 3. The molecule has 3 aromatic carbocycles. The van der Waals surface area contributed by atoms with Crippen LogP contribution in [-0.2, 0) is 16.1 Å². The first-order valence-electron chi connectivity index (χ1n) is 11.0. The summed E-state index contributed by atoms with van der Waals surface area (Å²) in [6, 6.07) is 20.4. The summed E-state index contributed by atoms with van der Waals surface area (Å²) in [5.41, 5.74) is 3.45. The number of aliphatic hydroxyl groups is 1. The van der Waals surface area contributed by atoms with Crippen molar-refractivity contribution in [3.63, 3.8) is 0 Å². The van der Waals surface area contributed by atoms with E-state index in [9.17, 15) is 23.1 Å². The molecule has 1 heterocycles. The number of alkyl halides is 3. The van der Waals surface area contributed by atoms with E-state index in [2.05, 4.69) is 4.74 Å². The van der Waals surface area contributed by atoms with Crippen molar-refractivity contribution in [2.45, 2.75) is 19.2 Å². The van der Waals surface area contributed by atoms with Gasteiger partial charge < -0.3 is 19.5 Å². The maximum Gasteiger partial charge on any atom is 0.573 e. The van der Waals surface area contributed by atoms with Gasteiger partial charge in [-0.25, -0.2) is 0 Å². The van der Waals surface area contributed by atoms with Crippen molar-refractivity contribution in [3.05, 3.63) is 83.9 Å². The zero-order chi connectivity index (χ0) is 25.0. The molecule has 184 valence electrons. The SMILES string of the molecule is CN1C(=O)CN(CCOCc2ccccc2)C(O)c2cc(-c3ccc(OC(F)(F)F)cc3)ccc21. The fourth-order valence-corrected chi connectivity index (χ4v) is 3.94. The third-order valence-corrected chi connectivity index (χ3v) is 5.78. The fraction of sp³-hybridized carbons (Fsp3) is 0.269. The maximum atomic E-state index is 12.7. The number of amides is 1. The van der Waals surface area contributed by atoms with Gasteiger partial charge in [0.15, 0.2) is 0 Å². The standard InChI is InChI=1S/C26H25F3N2O4/c1-30-23-12-9-20(19-7-10-21(11-8-19)35-26(27,28)29)15-22(23)25(33)31(16-24(30)32)13-14-34-17-18-5-3-2-4-6-18/h2-12,15,25,33H,13-14,16-17H2,1H3. The van der Waals surface area contributed by atoms with Gasteiger partial charge in [0, 0.05) is 19.2 Å².